The Morgan fingerprint density at radius 2 is 1.71 bits per heavy atom. The zero-order chi connectivity index (χ0) is 33.3. The second-order valence-corrected chi connectivity index (χ2v) is 12.6. The zero-order valence-electron chi connectivity index (χ0n) is 25.3. The monoisotopic (exact) mass is 640 g/mol. The third kappa shape index (κ3) is 7.04. The maximum Gasteiger partial charge on any atom is 0.335 e. The highest BCUT2D eigenvalue weighted by Crippen LogP contribution is 2.57. The number of aliphatic hydroxyl groups is 7. The molecule has 0 aromatic heterocycles. The van der Waals surface area contributed by atoms with Crippen molar-refractivity contribution in [3.8, 4) is 5.75 Å². The smallest absolute Gasteiger partial charge is 0.335 e. The maximum absolute atomic E-state index is 13.1. The minimum atomic E-state index is -1.85. The highest BCUT2D eigenvalue weighted by Gasteiger charge is 2.63. The van der Waals surface area contributed by atoms with Crippen molar-refractivity contribution in [2.24, 2.45) is 17.3 Å². The van der Waals surface area contributed by atoms with Crippen molar-refractivity contribution in [1.82, 2.24) is 0 Å². The predicted molar refractivity (Wildman–Crippen MR) is 153 cm³/mol. The number of aromatic hydroxyl groups is 1. The molecule has 1 aromatic rings. The molecule has 8 N–H and O–H groups in total. The SMILES string of the molecule is C=C(C(=O)OC)[C@@H]1CC[C@@]2(C)[C@H](OC(=O)[C@H](O)Cc3ccc(O)cc3)CC[C@@](O)(CO[C@@H]3O[C@H](CO)[C@@H](O)[C@H](O)[C@H]3O)[C@@H]2[C@H]1O. The Morgan fingerprint density at radius 1 is 1.04 bits per heavy atom. The largest absolute Gasteiger partial charge is 0.508 e. The van der Waals surface area contributed by atoms with Crippen molar-refractivity contribution in [2.45, 2.75) is 93.6 Å². The van der Waals surface area contributed by atoms with Crippen LogP contribution >= 0.6 is 0 Å². The topological polar surface area (TPSA) is 233 Å². The van der Waals surface area contributed by atoms with Crippen LogP contribution in [-0.4, -0.2) is 128 Å². The first kappa shape index (κ1) is 35.2. The molecule has 1 heterocycles. The Labute approximate surface area is 260 Å². The van der Waals surface area contributed by atoms with Crippen LogP contribution in [0.4, 0.5) is 0 Å². The number of aliphatic hydroxyl groups excluding tert-OH is 6. The van der Waals surface area contributed by atoms with Crippen LogP contribution in [0.15, 0.2) is 36.4 Å². The number of carbonyl (C=O) groups is 2. The van der Waals surface area contributed by atoms with E-state index in [0.717, 1.165) is 0 Å². The summed E-state index contributed by atoms with van der Waals surface area (Å²) in [4.78, 5) is 25.4. The fraction of sp³-hybridized carbons (Fsp3) is 0.677. The van der Waals surface area contributed by atoms with Crippen LogP contribution < -0.4 is 0 Å². The van der Waals surface area contributed by atoms with E-state index in [1.807, 2.05) is 0 Å². The van der Waals surface area contributed by atoms with E-state index in [9.17, 15) is 50.4 Å². The molecule has 12 atom stereocenters. The van der Waals surface area contributed by atoms with Gasteiger partial charge in [-0.15, -0.1) is 0 Å². The molecule has 4 rings (SSSR count). The Kier molecular flexibility index (Phi) is 10.9. The van der Waals surface area contributed by atoms with E-state index in [1.54, 1.807) is 19.1 Å². The second-order valence-electron chi connectivity index (χ2n) is 12.6. The van der Waals surface area contributed by atoms with E-state index in [4.69, 9.17) is 18.9 Å². The molecule has 1 aliphatic heterocycles. The number of hydrogen-bond acceptors (Lipinski definition) is 14. The summed E-state index contributed by atoms with van der Waals surface area (Å²) >= 11 is 0. The second kappa shape index (κ2) is 14.0. The molecular formula is C31H44O14. The van der Waals surface area contributed by atoms with Crippen molar-refractivity contribution in [3.63, 3.8) is 0 Å². The summed E-state index contributed by atoms with van der Waals surface area (Å²) in [7, 11) is 1.18. The van der Waals surface area contributed by atoms with Crippen molar-refractivity contribution < 1.29 is 69.4 Å². The van der Waals surface area contributed by atoms with Gasteiger partial charge >= 0.3 is 11.9 Å². The number of benzene rings is 1. The van der Waals surface area contributed by atoms with Gasteiger partial charge in [0.2, 0.25) is 0 Å². The Bertz CT molecular complexity index is 1210. The first-order valence-corrected chi connectivity index (χ1v) is 14.9. The van der Waals surface area contributed by atoms with E-state index in [0.29, 0.717) is 5.56 Å². The third-order valence-corrected chi connectivity index (χ3v) is 9.75. The van der Waals surface area contributed by atoms with Gasteiger partial charge in [-0.3, -0.25) is 0 Å². The average molecular weight is 641 g/mol. The summed E-state index contributed by atoms with van der Waals surface area (Å²) in [5.41, 5.74) is -2.38. The van der Waals surface area contributed by atoms with Gasteiger partial charge in [0.05, 0.1) is 32.0 Å². The van der Waals surface area contributed by atoms with Gasteiger partial charge in [-0.25, -0.2) is 9.59 Å². The van der Waals surface area contributed by atoms with Gasteiger partial charge in [0.15, 0.2) is 12.4 Å². The fourth-order valence-electron chi connectivity index (χ4n) is 7.18. The number of phenolic OH excluding ortho intramolecular Hbond substituents is 1. The fourth-order valence-corrected chi connectivity index (χ4v) is 7.18. The quantitative estimate of drug-likeness (QED) is 0.109. The molecule has 14 nitrogen and oxygen atoms in total. The number of hydrogen-bond donors (Lipinski definition) is 8. The highest BCUT2D eigenvalue weighted by atomic mass is 16.7. The van der Waals surface area contributed by atoms with Crippen LogP contribution in [0.1, 0.15) is 38.2 Å². The molecule has 45 heavy (non-hydrogen) atoms. The average Bonchev–Trinajstić information content (AvgIpc) is 3.01. The molecule has 252 valence electrons. The zero-order valence-corrected chi connectivity index (χ0v) is 25.3. The van der Waals surface area contributed by atoms with Crippen LogP contribution in [0.2, 0.25) is 0 Å². The number of methoxy groups -OCH3 is 1. The molecule has 14 heteroatoms. The molecule has 0 unspecified atom stereocenters. The van der Waals surface area contributed by atoms with Gasteiger partial charge in [-0.1, -0.05) is 25.6 Å². The van der Waals surface area contributed by atoms with E-state index < -0.39 is 97.0 Å². The lowest BCUT2D eigenvalue weighted by atomic mass is 9.50. The minimum absolute atomic E-state index is 0.00677. The van der Waals surface area contributed by atoms with Crippen LogP contribution in [0, 0.1) is 17.3 Å². The number of carbonyl (C=O) groups excluding carboxylic acids is 2. The summed E-state index contributed by atoms with van der Waals surface area (Å²) in [5.74, 6) is -3.55. The Hall–Kier alpha value is -2.66. The summed E-state index contributed by atoms with van der Waals surface area (Å²) in [6.45, 7) is 4.29. The number of ether oxygens (including phenoxy) is 4. The van der Waals surface area contributed by atoms with Gasteiger partial charge in [0.25, 0.3) is 0 Å². The van der Waals surface area contributed by atoms with Gasteiger partial charge < -0.3 is 59.8 Å². The lowest BCUT2D eigenvalue weighted by Gasteiger charge is -2.59. The Balaban J connectivity index is 1.57. The molecule has 0 amide bonds. The molecular weight excluding hydrogens is 596 g/mol. The lowest BCUT2D eigenvalue weighted by molar-refractivity contribution is -0.319. The van der Waals surface area contributed by atoms with Gasteiger partial charge in [0, 0.05) is 29.2 Å². The first-order chi connectivity index (χ1) is 21.2. The van der Waals surface area contributed by atoms with E-state index >= 15 is 0 Å². The normalized spacial score (nSPS) is 38.9. The van der Waals surface area contributed by atoms with Crippen LogP contribution in [0.3, 0.4) is 0 Å². The third-order valence-electron chi connectivity index (χ3n) is 9.75. The molecule has 1 saturated heterocycles. The first-order valence-electron chi connectivity index (χ1n) is 14.9. The number of esters is 2. The molecule has 2 aliphatic carbocycles. The molecule has 0 bridgehead atoms. The number of phenols is 1. The molecule has 3 fully saturated rings. The lowest BCUT2D eigenvalue weighted by Crippen LogP contribution is -2.67. The van der Waals surface area contributed by atoms with Gasteiger partial charge in [0.1, 0.15) is 36.3 Å². The number of rotatable bonds is 10. The highest BCUT2D eigenvalue weighted by molar-refractivity contribution is 5.88. The molecule has 1 aromatic carbocycles. The Morgan fingerprint density at radius 3 is 2.33 bits per heavy atom. The number of fused-ring (bicyclic) bond motifs is 1. The van der Waals surface area contributed by atoms with Crippen molar-refractivity contribution in [3.05, 3.63) is 42.0 Å². The van der Waals surface area contributed by atoms with Crippen molar-refractivity contribution in [1.29, 1.82) is 0 Å². The van der Waals surface area contributed by atoms with E-state index in [-0.39, 0.29) is 43.4 Å². The van der Waals surface area contributed by atoms with Crippen LogP contribution in [-0.2, 0) is 35.0 Å². The van der Waals surface area contributed by atoms with Crippen molar-refractivity contribution >= 4 is 11.9 Å². The standard InChI is InChI=1S/C31H44O14/c1-15(27(39)42-3)18-8-10-30(2)21(45-28(40)19(34)12-16-4-6-17(33)7-5-16)9-11-31(41,26(30)22(18)35)14-43-29-25(38)24(37)23(36)20(13-32)44-29/h4-7,18-26,29,32-38,41H,1,8-14H2,2-3H3/t18-,19+,20+,21+,22-,23+,24-,25+,26+,29+,30-,31+/m0/s1. The van der Waals surface area contributed by atoms with Gasteiger partial charge in [-0.2, -0.15) is 0 Å². The minimum Gasteiger partial charge on any atom is -0.508 e. The molecule has 0 radical (unpaired) electrons. The summed E-state index contributed by atoms with van der Waals surface area (Å²) in [6.07, 6.45) is -11.3. The summed E-state index contributed by atoms with van der Waals surface area (Å²) < 4.78 is 21.8. The van der Waals surface area contributed by atoms with E-state index in [2.05, 4.69) is 6.58 Å². The van der Waals surface area contributed by atoms with Crippen molar-refractivity contribution in [2.75, 3.05) is 20.3 Å². The predicted octanol–water partition coefficient (Wildman–Crippen LogP) is -1.33. The van der Waals surface area contributed by atoms with Crippen LogP contribution in [0.5, 0.6) is 5.75 Å². The van der Waals surface area contributed by atoms with Crippen LogP contribution in [0.25, 0.3) is 0 Å². The molecule has 2 saturated carbocycles. The summed E-state index contributed by atoms with van der Waals surface area (Å²) in [6, 6.07) is 5.97. The maximum atomic E-state index is 13.1. The molecule has 3 aliphatic rings. The summed E-state index contributed by atoms with van der Waals surface area (Å²) in [5, 5.41) is 84.2. The molecule has 0 spiro atoms. The van der Waals surface area contributed by atoms with Gasteiger partial charge in [-0.05, 0) is 43.4 Å². The van der Waals surface area contributed by atoms with E-state index in [1.165, 1.54) is 19.2 Å².